The first-order chi connectivity index (χ1) is 22.8. The second kappa shape index (κ2) is 14.3. The predicted octanol–water partition coefficient (Wildman–Crippen LogP) is 6.90. The number of hydrogen-bond acceptors (Lipinski definition) is 6. The van der Waals surface area contributed by atoms with Crippen LogP contribution in [-0.2, 0) is 22.4 Å². The fourth-order valence-electron chi connectivity index (χ4n) is 7.77. The zero-order chi connectivity index (χ0) is 33.1. The quantitative estimate of drug-likeness (QED) is 0.217. The number of carboxylic acid groups (broad SMARTS) is 1. The SMILES string of the molecule is CCCC(CCC)N(C(=O)CN1C[C@H](c2ccc3c(c2)CCO3)C(C(=O)O)[C@@H]1CCc1cccc2c1OCO2)c1ccc(F)c(C)c1. The Labute approximate surface area is 276 Å². The van der Waals surface area contributed by atoms with Crippen LogP contribution in [0.15, 0.2) is 54.6 Å². The van der Waals surface area contributed by atoms with Crippen molar-refractivity contribution in [2.24, 2.45) is 5.92 Å². The molecule has 1 fully saturated rings. The van der Waals surface area contributed by atoms with Gasteiger partial charge in [0.1, 0.15) is 11.6 Å². The van der Waals surface area contributed by atoms with Crippen LogP contribution in [-0.4, -0.2) is 60.5 Å². The van der Waals surface area contributed by atoms with Gasteiger partial charge in [-0.3, -0.25) is 14.5 Å². The van der Waals surface area contributed by atoms with Crippen LogP contribution in [0.3, 0.4) is 0 Å². The van der Waals surface area contributed by atoms with Crippen LogP contribution >= 0.6 is 0 Å². The average Bonchev–Trinajstić information content (AvgIpc) is 3.80. The smallest absolute Gasteiger partial charge is 0.308 e. The standard InChI is InChI=1S/C38H45FN2O6/c1-4-7-28(8-5-2)41(29-13-14-31(39)24(3)19-29)35(42)22-40-21-30(26-12-16-33-27(20-26)17-18-45-33)36(38(43)44)32(40)15-11-25-9-6-10-34-37(25)47-23-46-34/h6,9-10,12-14,16,19-20,28,30,32,36H,4-5,7-8,11,15,17-18,21-23H2,1-3H3,(H,43,44)/t30-,32+,36?/m1/s1. The summed E-state index contributed by atoms with van der Waals surface area (Å²) in [6.45, 7) is 7.21. The van der Waals surface area contributed by atoms with E-state index in [1.165, 1.54) is 6.07 Å². The van der Waals surface area contributed by atoms with E-state index in [4.69, 9.17) is 14.2 Å². The van der Waals surface area contributed by atoms with E-state index < -0.39 is 17.9 Å². The number of carbonyl (C=O) groups is 2. The Hall–Kier alpha value is -4.11. The van der Waals surface area contributed by atoms with Gasteiger partial charge < -0.3 is 24.2 Å². The molecule has 1 N–H and O–H groups in total. The number of hydrogen-bond donors (Lipinski definition) is 1. The predicted molar refractivity (Wildman–Crippen MR) is 178 cm³/mol. The first-order valence-electron chi connectivity index (χ1n) is 17.0. The maximum absolute atomic E-state index is 14.5. The highest BCUT2D eigenvalue weighted by atomic mass is 19.1. The number of anilines is 1. The molecule has 0 aliphatic carbocycles. The zero-order valence-corrected chi connectivity index (χ0v) is 27.5. The molecule has 3 aromatic carbocycles. The molecule has 47 heavy (non-hydrogen) atoms. The third-order valence-corrected chi connectivity index (χ3v) is 10.00. The maximum atomic E-state index is 14.5. The molecule has 1 amide bonds. The second-order valence-electron chi connectivity index (χ2n) is 13.1. The molecule has 3 heterocycles. The minimum atomic E-state index is -0.870. The summed E-state index contributed by atoms with van der Waals surface area (Å²) in [7, 11) is 0. The van der Waals surface area contributed by atoms with Gasteiger partial charge in [-0.15, -0.1) is 0 Å². The van der Waals surface area contributed by atoms with Crippen LogP contribution in [0, 0.1) is 18.7 Å². The summed E-state index contributed by atoms with van der Waals surface area (Å²) in [5, 5.41) is 10.8. The van der Waals surface area contributed by atoms with Gasteiger partial charge in [0.05, 0.1) is 19.1 Å². The number of carboxylic acids is 1. The Kier molecular flexibility index (Phi) is 10.0. The maximum Gasteiger partial charge on any atom is 0.308 e. The van der Waals surface area contributed by atoms with Gasteiger partial charge in [0, 0.05) is 36.7 Å². The summed E-state index contributed by atoms with van der Waals surface area (Å²) < 4.78 is 31.4. The van der Waals surface area contributed by atoms with E-state index in [9.17, 15) is 19.1 Å². The molecule has 3 aromatic rings. The van der Waals surface area contributed by atoms with Crippen molar-refractivity contribution in [2.75, 3.05) is 31.4 Å². The third-order valence-electron chi connectivity index (χ3n) is 10.00. The number of halogens is 1. The van der Waals surface area contributed by atoms with E-state index in [1.54, 1.807) is 19.1 Å². The largest absolute Gasteiger partial charge is 0.493 e. The third kappa shape index (κ3) is 6.82. The van der Waals surface area contributed by atoms with Crippen molar-refractivity contribution in [1.82, 2.24) is 4.90 Å². The van der Waals surface area contributed by atoms with Crippen molar-refractivity contribution in [1.29, 1.82) is 0 Å². The van der Waals surface area contributed by atoms with E-state index in [1.807, 2.05) is 35.2 Å². The molecule has 250 valence electrons. The summed E-state index contributed by atoms with van der Waals surface area (Å²) in [4.78, 5) is 31.6. The van der Waals surface area contributed by atoms with Crippen LogP contribution in [0.5, 0.6) is 17.2 Å². The normalized spacial score (nSPS) is 20.0. The fraction of sp³-hybridized carbons (Fsp3) is 0.474. The van der Waals surface area contributed by atoms with Crippen molar-refractivity contribution < 1.29 is 33.3 Å². The number of rotatable bonds is 13. The van der Waals surface area contributed by atoms with Gasteiger partial charge in [-0.1, -0.05) is 51.0 Å². The van der Waals surface area contributed by atoms with Crippen molar-refractivity contribution in [2.45, 2.75) is 83.7 Å². The van der Waals surface area contributed by atoms with Crippen LogP contribution in [0.25, 0.3) is 0 Å². The second-order valence-corrected chi connectivity index (χ2v) is 13.1. The number of carbonyl (C=O) groups excluding carboxylic acids is 1. The highest BCUT2D eigenvalue weighted by Crippen LogP contribution is 2.43. The van der Waals surface area contributed by atoms with Gasteiger partial charge in [-0.05, 0) is 85.2 Å². The zero-order valence-electron chi connectivity index (χ0n) is 27.5. The molecule has 0 spiro atoms. The molecule has 3 aliphatic heterocycles. The Bertz CT molecular complexity index is 1600. The number of para-hydroxylation sites is 1. The monoisotopic (exact) mass is 644 g/mol. The van der Waals surface area contributed by atoms with Gasteiger partial charge in [-0.2, -0.15) is 0 Å². The first-order valence-corrected chi connectivity index (χ1v) is 17.0. The highest BCUT2D eigenvalue weighted by molar-refractivity contribution is 5.95. The molecule has 6 rings (SSSR count). The summed E-state index contributed by atoms with van der Waals surface area (Å²) >= 11 is 0. The number of benzene rings is 3. The van der Waals surface area contributed by atoms with Crippen molar-refractivity contribution >= 4 is 17.6 Å². The topological polar surface area (TPSA) is 88.5 Å². The van der Waals surface area contributed by atoms with Gasteiger partial charge >= 0.3 is 5.97 Å². The molecule has 0 aromatic heterocycles. The molecule has 1 saturated heterocycles. The minimum Gasteiger partial charge on any atom is -0.493 e. The van der Waals surface area contributed by atoms with Gasteiger partial charge in [-0.25, -0.2) is 4.39 Å². The molecule has 1 unspecified atom stereocenters. The van der Waals surface area contributed by atoms with Gasteiger partial charge in [0.15, 0.2) is 11.5 Å². The number of amides is 1. The van der Waals surface area contributed by atoms with Crippen molar-refractivity contribution in [3.05, 3.63) is 82.7 Å². The van der Waals surface area contributed by atoms with Crippen LogP contribution < -0.4 is 19.1 Å². The lowest BCUT2D eigenvalue weighted by molar-refractivity contribution is -0.143. The highest BCUT2D eigenvalue weighted by Gasteiger charge is 2.47. The number of aryl methyl sites for hydroxylation is 2. The molecule has 0 saturated carbocycles. The minimum absolute atomic E-state index is 0.0461. The van der Waals surface area contributed by atoms with E-state index in [2.05, 4.69) is 24.8 Å². The Morgan fingerprint density at radius 1 is 1.02 bits per heavy atom. The first kappa shape index (κ1) is 32.8. The average molecular weight is 645 g/mol. The van der Waals surface area contributed by atoms with Crippen LogP contribution in [0.2, 0.25) is 0 Å². The molecule has 3 aliphatic rings. The summed E-state index contributed by atoms with van der Waals surface area (Å²) in [6, 6.07) is 16.2. The van der Waals surface area contributed by atoms with Gasteiger partial charge in [0.25, 0.3) is 0 Å². The lowest BCUT2D eigenvalue weighted by Crippen LogP contribution is -2.48. The Morgan fingerprint density at radius 2 is 1.83 bits per heavy atom. The van der Waals surface area contributed by atoms with Crippen LogP contribution in [0.4, 0.5) is 10.1 Å². The Balaban J connectivity index is 1.34. The summed E-state index contributed by atoms with van der Waals surface area (Å²) in [6.07, 6.45) is 5.33. The number of likely N-dealkylation sites (tertiary alicyclic amines) is 1. The molecular weight excluding hydrogens is 599 g/mol. The lowest BCUT2D eigenvalue weighted by Gasteiger charge is -2.35. The van der Waals surface area contributed by atoms with Crippen LogP contribution in [0.1, 0.15) is 74.1 Å². The number of nitrogens with zero attached hydrogens (tertiary/aromatic N) is 2. The molecular formula is C38H45FN2O6. The van der Waals surface area contributed by atoms with E-state index >= 15 is 0 Å². The number of fused-ring (bicyclic) bond motifs is 2. The van der Waals surface area contributed by atoms with Gasteiger partial charge in [0.2, 0.25) is 12.7 Å². The number of aliphatic carboxylic acids is 1. The molecule has 3 atom stereocenters. The molecule has 8 nitrogen and oxygen atoms in total. The van der Waals surface area contributed by atoms with E-state index in [-0.39, 0.29) is 37.0 Å². The molecule has 0 radical (unpaired) electrons. The Morgan fingerprint density at radius 3 is 2.57 bits per heavy atom. The summed E-state index contributed by atoms with van der Waals surface area (Å²) in [5.74, 6) is -0.0566. The van der Waals surface area contributed by atoms with Crippen molar-refractivity contribution in [3.63, 3.8) is 0 Å². The number of ether oxygens (including phenoxy) is 3. The summed E-state index contributed by atoms with van der Waals surface area (Å²) in [5.41, 5.74) is 4.18. The fourth-order valence-corrected chi connectivity index (χ4v) is 7.77. The molecule has 0 bridgehead atoms. The molecule has 9 heteroatoms. The van der Waals surface area contributed by atoms with Crippen molar-refractivity contribution in [3.8, 4) is 17.2 Å². The van der Waals surface area contributed by atoms with E-state index in [0.29, 0.717) is 48.7 Å². The lowest BCUT2D eigenvalue weighted by atomic mass is 9.83. The van der Waals surface area contributed by atoms with E-state index in [0.717, 1.165) is 54.5 Å².